The second-order valence-electron chi connectivity index (χ2n) is 4.56. The maximum atomic E-state index is 11.9. The van der Waals surface area contributed by atoms with Crippen LogP contribution in [0.1, 0.15) is 23.1 Å². The summed E-state index contributed by atoms with van der Waals surface area (Å²) in [6.07, 6.45) is 5.45. The van der Waals surface area contributed by atoms with Gasteiger partial charge in [0, 0.05) is 25.2 Å². The Morgan fingerprint density at radius 2 is 1.67 bits per heavy atom. The van der Waals surface area contributed by atoms with Crippen molar-refractivity contribution >= 4 is 5.78 Å². The van der Waals surface area contributed by atoms with Crippen LogP contribution in [0.3, 0.4) is 0 Å². The third kappa shape index (κ3) is 3.81. The van der Waals surface area contributed by atoms with Crippen LogP contribution in [0, 0.1) is 6.92 Å². The summed E-state index contributed by atoms with van der Waals surface area (Å²) in [5.74, 6) is 0.288. The fraction of sp³-hybridized carbons (Fsp3) is 0.250. The third-order valence-corrected chi connectivity index (χ3v) is 2.96. The Morgan fingerprint density at radius 1 is 1.00 bits per heavy atom. The molecule has 0 atom stereocenters. The molecule has 2 aromatic rings. The fourth-order valence-electron chi connectivity index (χ4n) is 1.86. The Bertz CT molecular complexity index is 502. The lowest BCUT2D eigenvalue weighted by molar-refractivity contribution is -0.118. The lowest BCUT2D eigenvalue weighted by Gasteiger charge is -2.02. The minimum absolute atomic E-state index is 0.288. The number of rotatable bonds is 5. The predicted octanol–water partition coefficient (Wildman–Crippen LogP) is 3.13. The van der Waals surface area contributed by atoms with E-state index in [1.165, 1.54) is 11.1 Å². The molecule has 2 nitrogen and oxygen atoms in total. The molecule has 0 bridgehead atoms. The van der Waals surface area contributed by atoms with Crippen molar-refractivity contribution in [3.8, 4) is 0 Å². The van der Waals surface area contributed by atoms with Gasteiger partial charge in [0.05, 0.1) is 0 Å². The maximum Gasteiger partial charge on any atom is 0.137 e. The van der Waals surface area contributed by atoms with Crippen molar-refractivity contribution in [1.29, 1.82) is 0 Å². The Hall–Kier alpha value is -1.96. The van der Waals surface area contributed by atoms with Gasteiger partial charge in [0.2, 0.25) is 0 Å². The zero-order valence-electron chi connectivity index (χ0n) is 10.6. The summed E-state index contributed by atoms with van der Waals surface area (Å²) in [7, 11) is 0. The van der Waals surface area contributed by atoms with Gasteiger partial charge < -0.3 is 0 Å². The van der Waals surface area contributed by atoms with Crippen LogP contribution in [0.2, 0.25) is 0 Å². The van der Waals surface area contributed by atoms with E-state index in [1.54, 1.807) is 12.4 Å². The number of aromatic nitrogens is 1. The first-order valence-electron chi connectivity index (χ1n) is 6.20. The van der Waals surface area contributed by atoms with Crippen molar-refractivity contribution in [2.45, 2.75) is 26.2 Å². The highest BCUT2D eigenvalue weighted by atomic mass is 16.1. The second kappa shape index (κ2) is 6.10. The van der Waals surface area contributed by atoms with Crippen molar-refractivity contribution < 1.29 is 4.79 Å². The average Bonchev–Trinajstić information content (AvgIpc) is 2.40. The summed E-state index contributed by atoms with van der Waals surface area (Å²) in [5.41, 5.74) is 3.49. The van der Waals surface area contributed by atoms with Gasteiger partial charge >= 0.3 is 0 Å². The van der Waals surface area contributed by atoms with Gasteiger partial charge in [-0.1, -0.05) is 29.8 Å². The second-order valence-corrected chi connectivity index (χ2v) is 4.56. The Kier molecular flexibility index (Phi) is 4.24. The van der Waals surface area contributed by atoms with E-state index in [0.717, 1.165) is 12.0 Å². The molecule has 1 heterocycles. The molecule has 18 heavy (non-hydrogen) atoms. The molecule has 0 spiro atoms. The van der Waals surface area contributed by atoms with Crippen LogP contribution in [0.4, 0.5) is 0 Å². The van der Waals surface area contributed by atoms with E-state index in [9.17, 15) is 4.79 Å². The molecule has 92 valence electrons. The van der Waals surface area contributed by atoms with Gasteiger partial charge in [0.1, 0.15) is 5.78 Å². The first-order chi connectivity index (χ1) is 8.74. The summed E-state index contributed by atoms with van der Waals surface area (Å²) < 4.78 is 0. The van der Waals surface area contributed by atoms with Gasteiger partial charge in [-0.25, -0.2) is 0 Å². The van der Waals surface area contributed by atoms with Crippen LogP contribution in [0.15, 0.2) is 48.8 Å². The van der Waals surface area contributed by atoms with E-state index in [1.807, 2.05) is 36.4 Å². The maximum absolute atomic E-state index is 11.9. The molecule has 1 aromatic carbocycles. The van der Waals surface area contributed by atoms with Crippen molar-refractivity contribution in [3.05, 3.63) is 65.5 Å². The van der Waals surface area contributed by atoms with Gasteiger partial charge in [0.25, 0.3) is 0 Å². The number of carbonyl (C=O) groups is 1. The number of aryl methyl sites for hydroxylation is 2. The van der Waals surface area contributed by atoms with Gasteiger partial charge in [-0.2, -0.15) is 0 Å². The van der Waals surface area contributed by atoms with Crippen LogP contribution in [-0.4, -0.2) is 10.8 Å². The monoisotopic (exact) mass is 239 g/mol. The van der Waals surface area contributed by atoms with Gasteiger partial charge in [-0.05, 0) is 36.6 Å². The number of hydrogen-bond donors (Lipinski definition) is 0. The van der Waals surface area contributed by atoms with Gasteiger partial charge in [-0.15, -0.1) is 0 Å². The highest BCUT2D eigenvalue weighted by molar-refractivity contribution is 5.81. The molecule has 2 heteroatoms. The van der Waals surface area contributed by atoms with E-state index in [0.29, 0.717) is 12.8 Å². The molecule has 0 radical (unpaired) electrons. The number of benzene rings is 1. The molecule has 0 aliphatic rings. The van der Waals surface area contributed by atoms with E-state index in [4.69, 9.17) is 0 Å². The number of nitrogens with zero attached hydrogens (tertiary/aromatic N) is 1. The molecular formula is C16H17NO. The molecule has 0 aliphatic heterocycles. The molecule has 2 rings (SSSR count). The normalized spacial score (nSPS) is 10.3. The molecule has 1 aromatic heterocycles. The van der Waals surface area contributed by atoms with Crippen LogP contribution in [-0.2, 0) is 17.6 Å². The van der Waals surface area contributed by atoms with E-state index in [2.05, 4.69) is 11.9 Å². The molecule has 0 fully saturated rings. The first kappa shape index (κ1) is 12.5. The topological polar surface area (TPSA) is 30.0 Å². The van der Waals surface area contributed by atoms with Crippen molar-refractivity contribution in [1.82, 2.24) is 4.98 Å². The highest BCUT2D eigenvalue weighted by Crippen LogP contribution is 2.07. The smallest absolute Gasteiger partial charge is 0.137 e. The lowest BCUT2D eigenvalue weighted by Crippen LogP contribution is -2.04. The molecule has 0 saturated heterocycles. The van der Waals surface area contributed by atoms with Crippen molar-refractivity contribution in [2.24, 2.45) is 0 Å². The summed E-state index contributed by atoms with van der Waals surface area (Å²) in [4.78, 5) is 15.8. The zero-order chi connectivity index (χ0) is 12.8. The Labute approximate surface area is 108 Å². The Balaban J connectivity index is 1.84. The first-order valence-corrected chi connectivity index (χ1v) is 6.20. The molecule has 0 saturated carbocycles. The third-order valence-electron chi connectivity index (χ3n) is 2.96. The van der Waals surface area contributed by atoms with Crippen LogP contribution in [0.25, 0.3) is 0 Å². The predicted molar refractivity (Wildman–Crippen MR) is 72.4 cm³/mol. The Morgan fingerprint density at radius 3 is 2.33 bits per heavy atom. The quantitative estimate of drug-likeness (QED) is 0.802. The molecule has 0 aliphatic carbocycles. The lowest BCUT2D eigenvalue weighted by atomic mass is 10.0. The number of ketones is 1. The highest BCUT2D eigenvalue weighted by Gasteiger charge is 2.04. The SMILES string of the molecule is Cc1ccc(CC(=O)CCc2ccncc2)cc1. The van der Waals surface area contributed by atoms with E-state index >= 15 is 0 Å². The summed E-state index contributed by atoms with van der Waals surface area (Å²) in [6.45, 7) is 2.05. The standard InChI is InChI=1S/C16H17NO/c1-13-2-4-15(5-3-13)12-16(18)7-6-14-8-10-17-11-9-14/h2-5,8-11H,6-7,12H2,1H3. The van der Waals surface area contributed by atoms with Crippen LogP contribution >= 0.6 is 0 Å². The molecule has 0 unspecified atom stereocenters. The van der Waals surface area contributed by atoms with E-state index < -0.39 is 0 Å². The fourth-order valence-corrected chi connectivity index (χ4v) is 1.86. The number of carbonyl (C=O) groups excluding carboxylic acids is 1. The minimum atomic E-state index is 0.288. The number of pyridine rings is 1. The number of hydrogen-bond acceptors (Lipinski definition) is 2. The largest absolute Gasteiger partial charge is 0.299 e. The van der Waals surface area contributed by atoms with Gasteiger partial charge in [-0.3, -0.25) is 9.78 Å². The van der Waals surface area contributed by atoms with Crippen LogP contribution in [0.5, 0.6) is 0 Å². The van der Waals surface area contributed by atoms with Gasteiger partial charge in [0.15, 0.2) is 0 Å². The summed E-state index contributed by atoms with van der Waals surface area (Å²) in [5, 5.41) is 0. The van der Waals surface area contributed by atoms with Crippen LogP contribution < -0.4 is 0 Å². The number of Topliss-reactive ketones (excluding diaryl/α,β-unsaturated/α-hetero) is 1. The molecular weight excluding hydrogens is 222 g/mol. The molecule has 0 N–H and O–H groups in total. The zero-order valence-corrected chi connectivity index (χ0v) is 10.6. The van der Waals surface area contributed by atoms with Crippen molar-refractivity contribution in [3.63, 3.8) is 0 Å². The molecule has 0 amide bonds. The van der Waals surface area contributed by atoms with E-state index in [-0.39, 0.29) is 5.78 Å². The van der Waals surface area contributed by atoms with Crippen molar-refractivity contribution in [2.75, 3.05) is 0 Å². The summed E-state index contributed by atoms with van der Waals surface area (Å²) >= 11 is 0. The summed E-state index contributed by atoms with van der Waals surface area (Å²) in [6, 6.07) is 12.1. The average molecular weight is 239 g/mol. The minimum Gasteiger partial charge on any atom is -0.299 e.